The standard InChI is InChI=1S/C16H19ClN2O3S/c1-16(2,3)22-15(20)19(14-18-11(9-17)10-23-14)12-5-7-13(21-4)8-6-12/h5-8,10H,9H2,1-4H3. The number of rotatable bonds is 4. The molecule has 0 radical (unpaired) electrons. The van der Waals surface area contributed by atoms with Crippen LogP contribution in [0.1, 0.15) is 26.5 Å². The largest absolute Gasteiger partial charge is 0.497 e. The summed E-state index contributed by atoms with van der Waals surface area (Å²) in [6, 6.07) is 7.13. The third-order valence-corrected chi connectivity index (χ3v) is 3.92. The molecule has 1 aromatic heterocycles. The van der Waals surface area contributed by atoms with Gasteiger partial charge in [-0.2, -0.15) is 0 Å². The molecule has 0 aliphatic rings. The molecule has 2 rings (SSSR count). The van der Waals surface area contributed by atoms with E-state index in [1.54, 1.807) is 31.4 Å². The fourth-order valence-corrected chi connectivity index (χ4v) is 2.85. The summed E-state index contributed by atoms with van der Waals surface area (Å²) in [7, 11) is 1.59. The van der Waals surface area contributed by atoms with Crippen LogP contribution in [-0.2, 0) is 10.6 Å². The van der Waals surface area contributed by atoms with Crippen LogP contribution in [0, 0.1) is 0 Å². The zero-order valence-corrected chi connectivity index (χ0v) is 15.1. The van der Waals surface area contributed by atoms with Gasteiger partial charge in [-0.15, -0.1) is 22.9 Å². The van der Waals surface area contributed by atoms with Crippen molar-refractivity contribution < 1.29 is 14.3 Å². The molecule has 124 valence electrons. The van der Waals surface area contributed by atoms with Gasteiger partial charge in [-0.1, -0.05) is 0 Å². The highest BCUT2D eigenvalue weighted by molar-refractivity contribution is 7.14. The van der Waals surface area contributed by atoms with Crippen molar-refractivity contribution in [2.45, 2.75) is 32.3 Å². The lowest BCUT2D eigenvalue weighted by Gasteiger charge is -2.25. The van der Waals surface area contributed by atoms with E-state index in [0.29, 0.717) is 28.1 Å². The van der Waals surface area contributed by atoms with Gasteiger partial charge in [0.1, 0.15) is 11.4 Å². The lowest BCUT2D eigenvalue weighted by molar-refractivity contribution is 0.0599. The molecule has 0 saturated heterocycles. The van der Waals surface area contributed by atoms with Gasteiger partial charge >= 0.3 is 6.09 Å². The van der Waals surface area contributed by atoms with E-state index in [1.807, 2.05) is 26.2 Å². The number of benzene rings is 1. The van der Waals surface area contributed by atoms with Crippen molar-refractivity contribution in [3.05, 3.63) is 35.3 Å². The van der Waals surface area contributed by atoms with Gasteiger partial charge < -0.3 is 9.47 Å². The van der Waals surface area contributed by atoms with Crippen molar-refractivity contribution in [2.24, 2.45) is 0 Å². The van der Waals surface area contributed by atoms with Crippen molar-refractivity contribution >= 4 is 39.8 Å². The van der Waals surface area contributed by atoms with E-state index < -0.39 is 11.7 Å². The van der Waals surface area contributed by atoms with Crippen LogP contribution in [0.4, 0.5) is 15.6 Å². The first-order valence-electron chi connectivity index (χ1n) is 7.01. The quantitative estimate of drug-likeness (QED) is 0.728. The fourth-order valence-electron chi connectivity index (χ4n) is 1.79. The molecular formula is C16H19ClN2O3S. The van der Waals surface area contributed by atoms with E-state index in [0.717, 1.165) is 0 Å². The van der Waals surface area contributed by atoms with E-state index in [4.69, 9.17) is 21.1 Å². The van der Waals surface area contributed by atoms with Gasteiger partial charge in [-0.25, -0.2) is 14.7 Å². The molecule has 5 nitrogen and oxygen atoms in total. The normalized spacial score (nSPS) is 11.2. The average molecular weight is 355 g/mol. The first kappa shape index (κ1) is 17.6. The summed E-state index contributed by atoms with van der Waals surface area (Å²) in [6.07, 6.45) is -0.488. The van der Waals surface area contributed by atoms with E-state index in [2.05, 4.69) is 4.98 Å². The number of methoxy groups -OCH3 is 1. The first-order chi connectivity index (χ1) is 10.8. The number of alkyl halides is 1. The molecule has 0 atom stereocenters. The first-order valence-corrected chi connectivity index (χ1v) is 8.43. The molecule has 0 aliphatic heterocycles. The summed E-state index contributed by atoms with van der Waals surface area (Å²) >= 11 is 7.15. The Hall–Kier alpha value is -1.79. The number of halogens is 1. The summed E-state index contributed by atoms with van der Waals surface area (Å²) in [5.41, 5.74) is 0.762. The number of carbonyl (C=O) groups is 1. The van der Waals surface area contributed by atoms with Crippen molar-refractivity contribution in [3.63, 3.8) is 0 Å². The van der Waals surface area contributed by atoms with E-state index in [-0.39, 0.29) is 0 Å². The van der Waals surface area contributed by atoms with Crippen molar-refractivity contribution in [2.75, 3.05) is 12.0 Å². The Morgan fingerprint density at radius 1 is 1.30 bits per heavy atom. The van der Waals surface area contributed by atoms with Crippen LogP contribution >= 0.6 is 22.9 Å². The number of carbonyl (C=O) groups excluding carboxylic acids is 1. The maximum atomic E-state index is 12.6. The molecule has 0 fully saturated rings. The summed E-state index contributed by atoms with van der Waals surface area (Å²) in [4.78, 5) is 18.4. The molecule has 0 aliphatic carbocycles. The maximum absolute atomic E-state index is 12.6. The van der Waals surface area contributed by atoms with Crippen molar-refractivity contribution in [1.29, 1.82) is 0 Å². The van der Waals surface area contributed by atoms with Crippen LogP contribution in [0.15, 0.2) is 29.6 Å². The average Bonchev–Trinajstić information content (AvgIpc) is 2.95. The van der Waals surface area contributed by atoms with Crippen LogP contribution in [-0.4, -0.2) is 23.8 Å². The van der Waals surface area contributed by atoms with Crippen molar-refractivity contribution in [3.8, 4) is 5.75 Å². The maximum Gasteiger partial charge on any atom is 0.421 e. The van der Waals surface area contributed by atoms with Gasteiger partial charge in [0.25, 0.3) is 0 Å². The summed E-state index contributed by atoms with van der Waals surface area (Å²) < 4.78 is 10.6. The zero-order chi connectivity index (χ0) is 17.0. The second-order valence-corrected chi connectivity index (χ2v) is 6.87. The number of amides is 1. The number of hydrogen-bond donors (Lipinski definition) is 0. The predicted molar refractivity (Wildman–Crippen MR) is 93.0 cm³/mol. The van der Waals surface area contributed by atoms with Crippen LogP contribution in [0.25, 0.3) is 0 Å². The number of ether oxygens (including phenoxy) is 2. The highest BCUT2D eigenvalue weighted by Crippen LogP contribution is 2.32. The summed E-state index contributed by atoms with van der Waals surface area (Å²) in [5.74, 6) is 1.000. The Bertz CT molecular complexity index is 665. The third-order valence-electron chi connectivity index (χ3n) is 2.77. The SMILES string of the molecule is COc1ccc(N(C(=O)OC(C)(C)C)c2nc(CCl)cs2)cc1. The third kappa shape index (κ3) is 4.59. The minimum atomic E-state index is -0.603. The Morgan fingerprint density at radius 3 is 2.43 bits per heavy atom. The smallest absolute Gasteiger partial charge is 0.421 e. The number of anilines is 2. The number of aromatic nitrogens is 1. The molecule has 0 saturated carbocycles. The highest BCUT2D eigenvalue weighted by atomic mass is 35.5. The molecule has 0 bridgehead atoms. The van der Waals surface area contributed by atoms with Gasteiger partial charge in [0.05, 0.1) is 24.4 Å². The number of thiazole rings is 1. The molecule has 1 aromatic carbocycles. The fraction of sp³-hybridized carbons (Fsp3) is 0.375. The van der Waals surface area contributed by atoms with Gasteiger partial charge in [0.15, 0.2) is 5.13 Å². The molecule has 0 spiro atoms. The Labute approximate surface area is 144 Å². The molecule has 1 heterocycles. The summed E-state index contributed by atoms with van der Waals surface area (Å²) in [5, 5.41) is 2.34. The van der Waals surface area contributed by atoms with Gasteiger partial charge in [-0.3, -0.25) is 0 Å². The summed E-state index contributed by atoms with van der Waals surface area (Å²) in [6.45, 7) is 5.47. The lowest BCUT2D eigenvalue weighted by atomic mass is 10.2. The van der Waals surface area contributed by atoms with Gasteiger partial charge in [0.2, 0.25) is 0 Å². The van der Waals surface area contributed by atoms with Crippen LogP contribution in [0.3, 0.4) is 0 Å². The van der Waals surface area contributed by atoms with E-state index in [1.165, 1.54) is 16.2 Å². The Balaban J connectivity index is 2.39. The topological polar surface area (TPSA) is 51.7 Å². The molecule has 0 unspecified atom stereocenters. The van der Waals surface area contributed by atoms with Crippen LogP contribution < -0.4 is 9.64 Å². The predicted octanol–water partition coefficient (Wildman–Crippen LogP) is 4.96. The minimum absolute atomic E-state index is 0.293. The Morgan fingerprint density at radius 2 is 1.96 bits per heavy atom. The second-order valence-electron chi connectivity index (χ2n) is 5.77. The molecule has 1 amide bonds. The molecule has 0 N–H and O–H groups in total. The van der Waals surface area contributed by atoms with Crippen LogP contribution in [0.2, 0.25) is 0 Å². The number of nitrogens with zero attached hydrogens (tertiary/aromatic N) is 2. The van der Waals surface area contributed by atoms with Gasteiger partial charge in [0, 0.05) is 5.38 Å². The lowest BCUT2D eigenvalue weighted by Crippen LogP contribution is -2.33. The Kier molecular flexibility index (Phi) is 5.49. The number of hydrogen-bond acceptors (Lipinski definition) is 5. The second kappa shape index (κ2) is 7.19. The molecular weight excluding hydrogens is 336 g/mol. The van der Waals surface area contributed by atoms with E-state index in [9.17, 15) is 4.79 Å². The van der Waals surface area contributed by atoms with Crippen LogP contribution in [0.5, 0.6) is 5.75 Å². The van der Waals surface area contributed by atoms with Gasteiger partial charge in [-0.05, 0) is 45.0 Å². The molecule has 23 heavy (non-hydrogen) atoms. The van der Waals surface area contributed by atoms with E-state index >= 15 is 0 Å². The molecule has 2 aromatic rings. The zero-order valence-electron chi connectivity index (χ0n) is 13.5. The molecule has 7 heteroatoms. The monoisotopic (exact) mass is 354 g/mol. The van der Waals surface area contributed by atoms with Crippen molar-refractivity contribution in [1.82, 2.24) is 4.98 Å². The minimum Gasteiger partial charge on any atom is -0.497 e. The highest BCUT2D eigenvalue weighted by Gasteiger charge is 2.27.